The third-order valence-corrected chi connectivity index (χ3v) is 4.45. The molecule has 1 amide bonds. The lowest BCUT2D eigenvalue weighted by atomic mass is 10.2. The highest BCUT2D eigenvalue weighted by Gasteiger charge is 2.15. The second-order valence-corrected chi connectivity index (χ2v) is 6.43. The molecule has 3 aromatic rings. The standard InChI is InChI=1S/C23H23N3O3/c1-3-26(16-17-8-5-4-6-9-17)22(27)19-12-13-21(24-15-19)25-20-11-7-10-18(14-20)23(28)29-2/h4-15H,3,16H2,1-2H3,(H,24,25). The molecule has 29 heavy (non-hydrogen) atoms. The number of carbonyl (C=O) groups excluding carboxylic acids is 2. The summed E-state index contributed by atoms with van der Waals surface area (Å²) in [6.45, 7) is 3.11. The van der Waals surface area contributed by atoms with Crippen LogP contribution in [0.3, 0.4) is 0 Å². The van der Waals surface area contributed by atoms with Gasteiger partial charge in [-0.2, -0.15) is 0 Å². The molecule has 3 rings (SSSR count). The van der Waals surface area contributed by atoms with Crippen LogP contribution in [0, 0.1) is 0 Å². The fourth-order valence-electron chi connectivity index (χ4n) is 2.90. The van der Waals surface area contributed by atoms with Crippen LogP contribution in [0.15, 0.2) is 72.9 Å². The fraction of sp³-hybridized carbons (Fsp3) is 0.174. The zero-order valence-corrected chi connectivity index (χ0v) is 16.5. The van der Waals surface area contributed by atoms with Crippen LogP contribution in [0.25, 0.3) is 0 Å². The molecule has 0 fully saturated rings. The molecule has 0 atom stereocenters. The van der Waals surface area contributed by atoms with Gasteiger partial charge < -0.3 is 15.0 Å². The van der Waals surface area contributed by atoms with Gasteiger partial charge in [-0.15, -0.1) is 0 Å². The molecular weight excluding hydrogens is 366 g/mol. The molecule has 1 heterocycles. The molecule has 6 heteroatoms. The second kappa shape index (κ2) is 9.50. The molecule has 0 aliphatic rings. The lowest BCUT2D eigenvalue weighted by Crippen LogP contribution is -2.30. The van der Waals surface area contributed by atoms with E-state index in [4.69, 9.17) is 4.74 Å². The number of anilines is 2. The van der Waals surface area contributed by atoms with Gasteiger partial charge in [0.2, 0.25) is 0 Å². The second-order valence-electron chi connectivity index (χ2n) is 6.43. The molecule has 0 saturated heterocycles. The Balaban J connectivity index is 1.69. The summed E-state index contributed by atoms with van der Waals surface area (Å²) >= 11 is 0. The van der Waals surface area contributed by atoms with E-state index in [1.165, 1.54) is 7.11 Å². The summed E-state index contributed by atoms with van der Waals surface area (Å²) in [7, 11) is 1.34. The molecule has 1 aromatic heterocycles. The smallest absolute Gasteiger partial charge is 0.337 e. The van der Waals surface area contributed by atoms with Crippen molar-refractivity contribution in [3.63, 3.8) is 0 Å². The first-order valence-electron chi connectivity index (χ1n) is 9.35. The van der Waals surface area contributed by atoms with Gasteiger partial charge in [-0.25, -0.2) is 9.78 Å². The van der Waals surface area contributed by atoms with Gasteiger partial charge in [0.25, 0.3) is 5.91 Å². The highest BCUT2D eigenvalue weighted by molar-refractivity contribution is 5.94. The first-order valence-corrected chi connectivity index (χ1v) is 9.35. The van der Waals surface area contributed by atoms with E-state index < -0.39 is 5.97 Å². The molecule has 0 aliphatic heterocycles. The molecule has 148 valence electrons. The fourth-order valence-corrected chi connectivity index (χ4v) is 2.90. The van der Waals surface area contributed by atoms with E-state index in [0.717, 1.165) is 5.56 Å². The molecular formula is C23H23N3O3. The molecule has 0 radical (unpaired) electrons. The van der Waals surface area contributed by atoms with Gasteiger partial charge in [0.05, 0.1) is 18.2 Å². The Bertz CT molecular complexity index is 972. The zero-order chi connectivity index (χ0) is 20.6. The maximum absolute atomic E-state index is 12.8. The Labute approximate surface area is 170 Å². The van der Waals surface area contributed by atoms with Gasteiger partial charge in [0, 0.05) is 25.0 Å². The number of ether oxygens (including phenoxy) is 1. The molecule has 1 N–H and O–H groups in total. The Morgan fingerprint density at radius 2 is 1.79 bits per heavy atom. The van der Waals surface area contributed by atoms with Crippen LogP contribution in [0.1, 0.15) is 33.2 Å². The predicted octanol–water partition coefficient (Wildman–Crippen LogP) is 4.27. The minimum absolute atomic E-state index is 0.0666. The van der Waals surface area contributed by atoms with E-state index in [2.05, 4.69) is 10.3 Å². The minimum Gasteiger partial charge on any atom is -0.465 e. The summed E-state index contributed by atoms with van der Waals surface area (Å²) in [5.41, 5.74) is 2.76. The van der Waals surface area contributed by atoms with Crippen molar-refractivity contribution in [3.8, 4) is 0 Å². The summed E-state index contributed by atoms with van der Waals surface area (Å²) in [5.74, 6) is 0.110. The van der Waals surface area contributed by atoms with Crippen molar-refractivity contribution >= 4 is 23.4 Å². The Morgan fingerprint density at radius 3 is 2.45 bits per heavy atom. The van der Waals surface area contributed by atoms with Gasteiger partial charge in [-0.1, -0.05) is 36.4 Å². The van der Waals surface area contributed by atoms with E-state index >= 15 is 0 Å². The third kappa shape index (κ3) is 5.19. The molecule has 2 aromatic carbocycles. The van der Waals surface area contributed by atoms with Crippen molar-refractivity contribution in [1.29, 1.82) is 0 Å². The van der Waals surface area contributed by atoms with Gasteiger partial charge in [-0.05, 0) is 42.8 Å². The molecule has 0 saturated carbocycles. The zero-order valence-electron chi connectivity index (χ0n) is 16.5. The topological polar surface area (TPSA) is 71.5 Å². The number of nitrogens with zero attached hydrogens (tertiary/aromatic N) is 2. The quantitative estimate of drug-likeness (QED) is 0.611. The van der Waals surface area contributed by atoms with Crippen molar-refractivity contribution in [2.75, 3.05) is 19.0 Å². The first kappa shape index (κ1) is 20.1. The minimum atomic E-state index is -0.402. The van der Waals surface area contributed by atoms with E-state index in [1.807, 2.05) is 43.3 Å². The Kier molecular flexibility index (Phi) is 6.58. The normalized spacial score (nSPS) is 10.3. The van der Waals surface area contributed by atoms with E-state index in [0.29, 0.717) is 35.7 Å². The number of rotatable bonds is 7. The average Bonchev–Trinajstić information content (AvgIpc) is 2.78. The predicted molar refractivity (Wildman–Crippen MR) is 112 cm³/mol. The number of benzene rings is 2. The van der Waals surface area contributed by atoms with Crippen LogP contribution in [0.4, 0.5) is 11.5 Å². The largest absolute Gasteiger partial charge is 0.465 e. The SMILES string of the molecule is CCN(Cc1ccccc1)C(=O)c1ccc(Nc2cccc(C(=O)OC)c2)nc1. The number of hydrogen-bond donors (Lipinski definition) is 1. The lowest BCUT2D eigenvalue weighted by Gasteiger charge is -2.21. The van der Waals surface area contributed by atoms with Gasteiger partial charge in [-0.3, -0.25) is 4.79 Å². The van der Waals surface area contributed by atoms with Crippen LogP contribution in [0.2, 0.25) is 0 Å². The number of amides is 1. The van der Waals surface area contributed by atoms with Crippen molar-refractivity contribution in [2.45, 2.75) is 13.5 Å². The number of esters is 1. The highest BCUT2D eigenvalue weighted by Crippen LogP contribution is 2.18. The van der Waals surface area contributed by atoms with Crippen molar-refractivity contribution < 1.29 is 14.3 Å². The average molecular weight is 389 g/mol. The molecule has 0 bridgehead atoms. The monoisotopic (exact) mass is 389 g/mol. The van der Waals surface area contributed by atoms with Gasteiger partial charge >= 0.3 is 5.97 Å². The molecule has 0 spiro atoms. The van der Waals surface area contributed by atoms with E-state index in [1.54, 1.807) is 41.4 Å². The number of hydrogen-bond acceptors (Lipinski definition) is 5. The molecule has 0 aliphatic carbocycles. The van der Waals surface area contributed by atoms with Gasteiger partial charge in [0.1, 0.15) is 5.82 Å². The van der Waals surface area contributed by atoms with E-state index in [9.17, 15) is 9.59 Å². The Hall–Kier alpha value is -3.67. The summed E-state index contributed by atoms with van der Waals surface area (Å²) in [4.78, 5) is 30.6. The maximum atomic E-state index is 12.8. The molecule has 6 nitrogen and oxygen atoms in total. The van der Waals surface area contributed by atoms with E-state index in [-0.39, 0.29) is 5.91 Å². The van der Waals surface area contributed by atoms with Crippen LogP contribution >= 0.6 is 0 Å². The summed E-state index contributed by atoms with van der Waals surface area (Å²) in [6, 6.07) is 20.3. The van der Waals surface area contributed by atoms with Crippen molar-refractivity contribution in [2.24, 2.45) is 0 Å². The van der Waals surface area contributed by atoms with Crippen LogP contribution in [-0.4, -0.2) is 35.4 Å². The van der Waals surface area contributed by atoms with Crippen LogP contribution in [-0.2, 0) is 11.3 Å². The maximum Gasteiger partial charge on any atom is 0.337 e. The number of aromatic nitrogens is 1. The highest BCUT2D eigenvalue weighted by atomic mass is 16.5. The summed E-state index contributed by atoms with van der Waals surface area (Å²) in [6.07, 6.45) is 1.56. The summed E-state index contributed by atoms with van der Waals surface area (Å²) < 4.78 is 4.73. The first-order chi connectivity index (χ1) is 14.1. The number of pyridine rings is 1. The lowest BCUT2D eigenvalue weighted by molar-refractivity contribution is 0.0600. The van der Waals surface area contributed by atoms with Crippen LogP contribution < -0.4 is 5.32 Å². The number of methoxy groups -OCH3 is 1. The third-order valence-electron chi connectivity index (χ3n) is 4.45. The van der Waals surface area contributed by atoms with Crippen molar-refractivity contribution in [1.82, 2.24) is 9.88 Å². The van der Waals surface area contributed by atoms with Gasteiger partial charge in [0.15, 0.2) is 0 Å². The Morgan fingerprint density at radius 1 is 1.00 bits per heavy atom. The summed E-state index contributed by atoms with van der Waals surface area (Å²) in [5, 5.41) is 3.13. The number of nitrogens with one attached hydrogen (secondary N) is 1. The number of carbonyl (C=O) groups is 2. The van der Waals surface area contributed by atoms with Crippen LogP contribution in [0.5, 0.6) is 0 Å². The van der Waals surface area contributed by atoms with Crippen molar-refractivity contribution in [3.05, 3.63) is 89.6 Å². The molecule has 0 unspecified atom stereocenters.